The molecule has 0 saturated heterocycles. The number of ether oxygens (including phenoxy) is 1. The Morgan fingerprint density at radius 1 is 1.17 bits per heavy atom. The second-order valence-electron chi connectivity index (χ2n) is 5.75. The third-order valence-electron chi connectivity index (χ3n) is 4.06. The Labute approximate surface area is 119 Å². The minimum absolute atomic E-state index is 0.357. The smallest absolute Gasteiger partial charge is 0.122 e. The van der Waals surface area contributed by atoms with E-state index < -0.39 is 0 Å². The number of hydrogen-bond donors (Lipinski definition) is 0. The molecule has 1 saturated carbocycles. The molecule has 0 amide bonds. The predicted molar refractivity (Wildman–Crippen MR) is 80.7 cm³/mol. The number of aryl methyl sites for hydroxylation is 2. The molecular weight excluding hydrogens is 288 g/mol. The summed E-state index contributed by atoms with van der Waals surface area (Å²) in [6, 6.07) is 6.43. The molecule has 0 spiro atoms. The Morgan fingerprint density at radius 2 is 1.89 bits per heavy atom. The van der Waals surface area contributed by atoms with E-state index >= 15 is 0 Å². The zero-order chi connectivity index (χ0) is 13.0. The molecule has 0 aliphatic heterocycles. The van der Waals surface area contributed by atoms with Crippen molar-refractivity contribution in [2.45, 2.75) is 46.0 Å². The van der Waals surface area contributed by atoms with E-state index in [4.69, 9.17) is 4.74 Å². The second kappa shape index (κ2) is 6.10. The van der Waals surface area contributed by atoms with Crippen molar-refractivity contribution in [1.82, 2.24) is 0 Å². The lowest BCUT2D eigenvalue weighted by molar-refractivity contribution is 0.121. The van der Waals surface area contributed by atoms with E-state index in [1.165, 1.54) is 43.2 Å². The second-order valence-corrected chi connectivity index (χ2v) is 6.31. The number of halogens is 1. The monoisotopic (exact) mass is 310 g/mol. The largest absolute Gasteiger partial charge is 0.493 e. The van der Waals surface area contributed by atoms with Crippen LogP contribution in [0.5, 0.6) is 5.75 Å². The van der Waals surface area contributed by atoms with Crippen LogP contribution < -0.4 is 4.74 Å². The minimum atomic E-state index is 0.357. The lowest BCUT2D eigenvalue weighted by Crippen LogP contribution is -2.32. The summed E-state index contributed by atoms with van der Waals surface area (Å²) in [5.74, 6) is 1.05. The summed E-state index contributed by atoms with van der Waals surface area (Å²) in [6.07, 6.45) is 6.67. The van der Waals surface area contributed by atoms with Gasteiger partial charge in [0.25, 0.3) is 0 Å². The van der Waals surface area contributed by atoms with Gasteiger partial charge in [-0.05, 0) is 38.3 Å². The van der Waals surface area contributed by atoms with Gasteiger partial charge in [-0.2, -0.15) is 0 Å². The normalized spacial score (nSPS) is 18.6. The third-order valence-corrected chi connectivity index (χ3v) is 5.25. The van der Waals surface area contributed by atoms with E-state index in [0.717, 1.165) is 17.7 Å². The first-order chi connectivity index (χ1) is 8.65. The van der Waals surface area contributed by atoms with Gasteiger partial charge in [-0.3, -0.25) is 0 Å². The Bertz CT molecular complexity index is 394. The SMILES string of the molecule is Cc1ccc(OCC2(CBr)CCCCC2)c(C)c1. The molecule has 0 bridgehead atoms. The van der Waals surface area contributed by atoms with Crippen molar-refractivity contribution in [3.05, 3.63) is 29.3 Å². The van der Waals surface area contributed by atoms with Crippen LogP contribution in [0.3, 0.4) is 0 Å². The minimum Gasteiger partial charge on any atom is -0.493 e. The average molecular weight is 311 g/mol. The Kier molecular flexibility index (Phi) is 4.71. The highest BCUT2D eigenvalue weighted by Gasteiger charge is 2.31. The summed E-state index contributed by atoms with van der Waals surface area (Å²) in [4.78, 5) is 0. The summed E-state index contributed by atoms with van der Waals surface area (Å²) in [5.41, 5.74) is 2.90. The van der Waals surface area contributed by atoms with Crippen LogP contribution in [0, 0.1) is 19.3 Å². The molecule has 1 aliphatic rings. The van der Waals surface area contributed by atoms with Gasteiger partial charge in [-0.1, -0.05) is 52.9 Å². The maximum atomic E-state index is 6.10. The van der Waals surface area contributed by atoms with E-state index in [1.807, 2.05) is 0 Å². The first kappa shape index (κ1) is 13.9. The number of alkyl halides is 1. The summed E-state index contributed by atoms with van der Waals surface area (Å²) in [5, 5.41) is 1.06. The van der Waals surface area contributed by atoms with Crippen molar-refractivity contribution in [2.24, 2.45) is 5.41 Å². The van der Waals surface area contributed by atoms with Gasteiger partial charge in [0, 0.05) is 10.7 Å². The maximum absolute atomic E-state index is 6.10. The summed E-state index contributed by atoms with van der Waals surface area (Å²) < 4.78 is 6.10. The van der Waals surface area contributed by atoms with Gasteiger partial charge >= 0.3 is 0 Å². The first-order valence-corrected chi connectivity index (χ1v) is 8.03. The molecule has 0 N–H and O–H groups in total. The molecule has 2 rings (SSSR count). The van der Waals surface area contributed by atoms with Crippen molar-refractivity contribution in [3.63, 3.8) is 0 Å². The molecule has 1 fully saturated rings. The molecule has 100 valence electrons. The summed E-state index contributed by atoms with van der Waals surface area (Å²) >= 11 is 3.69. The van der Waals surface area contributed by atoms with Crippen molar-refractivity contribution < 1.29 is 4.74 Å². The number of hydrogen-bond acceptors (Lipinski definition) is 1. The van der Waals surface area contributed by atoms with Gasteiger partial charge < -0.3 is 4.74 Å². The van der Waals surface area contributed by atoms with Crippen LogP contribution in [-0.2, 0) is 0 Å². The summed E-state index contributed by atoms with van der Waals surface area (Å²) in [6.45, 7) is 5.10. The molecule has 0 atom stereocenters. The highest BCUT2D eigenvalue weighted by molar-refractivity contribution is 9.09. The number of benzene rings is 1. The predicted octanol–water partition coefficient (Wildman–Crippen LogP) is 5.03. The fourth-order valence-corrected chi connectivity index (χ4v) is 3.53. The maximum Gasteiger partial charge on any atom is 0.122 e. The lowest BCUT2D eigenvalue weighted by Gasteiger charge is -2.35. The van der Waals surface area contributed by atoms with Crippen molar-refractivity contribution in [1.29, 1.82) is 0 Å². The molecule has 1 nitrogen and oxygen atoms in total. The molecule has 0 radical (unpaired) electrons. The van der Waals surface area contributed by atoms with Gasteiger partial charge in [0.15, 0.2) is 0 Å². The van der Waals surface area contributed by atoms with Crippen molar-refractivity contribution in [2.75, 3.05) is 11.9 Å². The fraction of sp³-hybridized carbons (Fsp3) is 0.625. The van der Waals surface area contributed by atoms with Gasteiger partial charge in [-0.15, -0.1) is 0 Å². The van der Waals surface area contributed by atoms with Crippen LogP contribution in [0.4, 0.5) is 0 Å². The fourth-order valence-electron chi connectivity index (χ4n) is 2.81. The van der Waals surface area contributed by atoms with E-state index in [9.17, 15) is 0 Å². The third kappa shape index (κ3) is 3.28. The molecule has 0 unspecified atom stereocenters. The molecule has 0 aromatic heterocycles. The Hall–Kier alpha value is -0.500. The van der Waals surface area contributed by atoms with Gasteiger partial charge in [0.1, 0.15) is 5.75 Å². The first-order valence-electron chi connectivity index (χ1n) is 6.91. The Balaban J connectivity index is 2.01. The van der Waals surface area contributed by atoms with Crippen LogP contribution in [-0.4, -0.2) is 11.9 Å². The molecule has 1 aromatic carbocycles. The van der Waals surface area contributed by atoms with E-state index in [2.05, 4.69) is 48.0 Å². The van der Waals surface area contributed by atoms with Crippen LogP contribution in [0.1, 0.15) is 43.2 Å². The quantitative estimate of drug-likeness (QED) is 0.709. The zero-order valence-electron chi connectivity index (χ0n) is 11.5. The van der Waals surface area contributed by atoms with Crippen molar-refractivity contribution in [3.8, 4) is 5.75 Å². The molecule has 1 aromatic rings. The number of rotatable bonds is 4. The van der Waals surface area contributed by atoms with E-state index in [1.54, 1.807) is 0 Å². The van der Waals surface area contributed by atoms with E-state index in [0.29, 0.717) is 5.41 Å². The van der Waals surface area contributed by atoms with E-state index in [-0.39, 0.29) is 0 Å². The van der Waals surface area contributed by atoms with Crippen LogP contribution in [0.2, 0.25) is 0 Å². The highest BCUT2D eigenvalue weighted by Crippen LogP contribution is 2.38. The molecule has 1 aliphatic carbocycles. The lowest BCUT2D eigenvalue weighted by atomic mass is 9.76. The topological polar surface area (TPSA) is 9.23 Å². The highest BCUT2D eigenvalue weighted by atomic mass is 79.9. The molecule has 2 heteroatoms. The van der Waals surface area contributed by atoms with Gasteiger partial charge in [-0.25, -0.2) is 0 Å². The molecule has 18 heavy (non-hydrogen) atoms. The summed E-state index contributed by atoms with van der Waals surface area (Å²) in [7, 11) is 0. The molecule has 0 heterocycles. The Morgan fingerprint density at radius 3 is 2.50 bits per heavy atom. The molecular formula is C16H23BrO. The van der Waals surface area contributed by atoms with Crippen LogP contribution in [0.15, 0.2) is 18.2 Å². The standard InChI is InChI=1S/C16H23BrO/c1-13-6-7-15(14(2)10-13)18-12-16(11-17)8-4-3-5-9-16/h6-7,10H,3-5,8-9,11-12H2,1-2H3. The van der Waals surface area contributed by atoms with Crippen LogP contribution >= 0.6 is 15.9 Å². The van der Waals surface area contributed by atoms with Gasteiger partial charge in [0.05, 0.1) is 6.61 Å². The zero-order valence-corrected chi connectivity index (χ0v) is 13.1. The van der Waals surface area contributed by atoms with Gasteiger partial charge in [0.2, 0.25) is 0 Å². The average Bonchev–Trinajstić information content (AvgIpc) is 2.39. The van der Waals surface area contributed by atoms with Crippen molar-refractivity contribution >= 4 is 15.9 Å². The van der Waals surface area contributed by atoms with Crippen LogP contribution in [0.25, 0.3) is 0 Å².